The Balaban J connectivity index is 1.86. The monoisotopic (exact) mass is 241 g/mol. The molecule has 0 radical (unpaired) electrons. The van der Waals surface area contributed by atoms with Gasteiger partial charge in [-0.15, -0.1) is 0 Å². The van der Waals surface area contributed by atoms with E-state index in [9.17, 15) is 4.39 Å². The normalized spacial score (nSPS) is 9.78. The predicted molar refractivity (Wildman–Crippen MR) is 67.5 cm³/mol. The highest BCUT2D eigenvalue weighted by atomic mass is 19.1. The lowest BCUT2D eigenvalue weighted by molar-refractivity contribution is 0.625. The molecule has 0 bridgehead atoms. The van der Waals surface area contributed by atoms with Crippen molar-refractivity contribution in [1.29, 1.82) is 5.26 Å². The molecule has 0 atom stereocenters. The largest absolute Gasteiger partial charge is 0.383 e. The number of hydrogen-bond acceptors (Lipinski definition) is 3. The van der Waals surface area contributed by atoms with Crippen LogP contribution in [0.3, 0.4) is 0 Å². The quantitative estimate of drug-likeness (QED) is 0.895. The van der Waals surface area contributed by atoms with Crippen LogP contribution in [0.25, 0.3) is 0 Å². The van der Waals surface area contributed by atoms with Gasteiger partial charge < -0.3 is 5.32 Å². The van der Waals surface area contributed by atoms with Gasteiger partial charge in [-0.05, 0) is 36.2 Å². The second-order valence-corrected chi connectivity index (χ2v) is 3.85. The third-order valence-corrected chi connectivity index (χ3v) is 2.51. The molecule has 4 heteroatoms. The van der Waals surface area contributed by atoms with Crippen LogP contribution in [0.5, 0.6) is 0 Å². The molecule has 0 spiro atoms. The van der Waals surface area contributed by atoms with E-state index in [4.69, 9.17) is 5.26 Å². The Morgan fingerprint density at radius 3 is 2.83 bits per heavy atom. The summed E-state index contributed by atoms with van der Waals surface area (Å²) >= 11 is 0. The van der Waals surface area contributed by atoms with Crippen LogP contribution in [0, 0.1) is 17.1 Å². The summed E-state index contributed by atoms with van der Waals surface area (Å²) in [5.41, 5.74) is 2.19. The summed E-state index contributed by atoms with van der Waals surface area (Å²) in [6, 6.07) is 12.0. The number of halogens is 1. The Morgan fingerprint density at radius 1 is 1.28 bits per heavy atom. The zero-order valence-electron chi connectivity index (χ0n) is 9.73. The topological polar surface area (TPSA) is 48.7 Å². The maximum Gasteiger partial charge on any atom is 0.140 e. The van der Waals surface area contributed by atoms with Crippen LogP contribution in [0.15, 0.2) is 42.6 Å². The number of hydrogen-bond donors (Lipinski definition) is 1. The molecule has 0 aliphatic carbocycles. The molecule has 0 aliphatic rings. The highest BCUT2D eigenvalue weighted by molar-refractivity contribution is 5.42. The smallest absolute Gasteiger partial charge is 0.140 e. The number of nitrogens with one attached hydrogen (secondary N) is 1. The third-order valence-electron chi connectivity index (χ3n) is 2.51. The fourth-order valence-corrected chi connectivity index (χ4v) is 1.61. The van der Waals surface area contributed by atoms with Crippen molar-refractivity contribution in [2.45, 2.75) is 6.42 Å². The summed E-state index contributed by atoms with van der Waals surface area (Å²) < 4.78 is 12.9. The number of anilines is 1. The minimum Gasteiger partial charge on any atom is -0.383 e. The molecule has 1 aromatic heterocycles. The van der Waals surface area contributed by atoms with Gasteiger partial charge in [0, 0.05) is 6.54 Å². The van der Waals surface area contributed by atoms with Crippen LogP contribution in [-0.2, 0) is 6.42 Å². The molecule has 0 aliphatic heterocycles. The van der Waals surface area contributed by atoms with Crippen molar-refractivity contribution in [3.05, 3.63) is 59.7 Å². The molecule has 0 saturated heterocycles. The van der Waals surface area contributed by atoms with Gasteiger partial charge in [0.15, 0.2) is 0 Å². The first-order valence-corrected chi connectivity index (χ1v) is 5.62. The summed E-state index contributed by atoms with van der Waals surface area (Å²) in [6.45, 7) is 0.692. The van der Waals surface area contributed by atoms with E-state index in [1.807, 2.05) is 12.1 Å². The minimum absolute atomic E-state index is 0.215. The van der Waals surface area contributed by atoms with Crippen molar-refractivity contribution in [1.82, 2.24) is 4.98 Å². The summed E-state index contributed by atoms with van der Waals surface area (Å²) in [4.78, 5) is 3.95. The minimum atomic E-state index is -0.215. The number of nitrogens with zero attached hydrogens (tertiary/aromatic N) is 2. The fraction of sp³-hybridized carbons (Fsp3) is 0.143. The van der Waals surface area contributed by atoms with Crippen LogP contribution < -0.4 is 5.32 Å². The van der Waals surface area contributed by atoms with Crippen molar-refractivity contribution in [2.24, 2.45) is 0 Å². The van der Waals surface area contributed by atoms with Gasteiger partial charge >= 0.3 is 0 Å². The number of aromatic nitrogens is 1. The Kier molecular flexibility index (Phi) is 3.87. The summed E-state index contributed by atoms with van der Waals surface area (Å²) in [7, 11) is 0. The van der Waals surface area contributed by atoms with E-state index in [0.717, 1.165) is 17.7 Å². The van der Waals surface area contributed by atoms with Crippen molar-refractivity contribution in [2.75, 3.05) is 11.9 Å². The van der Waals surface area contributed by atoms with Crippen LogP contribution in [-0.4, -0.2) is 11.5 Å². The lowest BCUT2D eigenvalue weighted by atomic mass is 10.1. The van der Waals surface area contributed by atoms with Gasteiger partial charge in [-0.1, -0.05) is 12.1 Å². The molecule has 2 rings (SSSR count). The average Bonchev–Trinajstić information content (AvgIpc) is 2.40. The first-order valence-electron chi connectivity index (χ1n) is 5.62. The van der Waals surface area contributed by atoms with Crippen LogP contribution >= 0.6 is 0 Å². The van der Waals surface area contributed by atoms with E-state index >= 15 is 0 Å². The SMILES string of the molecule is N#Cc1ccc(NCCc2cccc(F)c2)cn1. The third kappa shape index (κ3) is 3.29. The lowest BCUT2D eigenvalue weighted by Crippen LogP contribution is -2.05. The maximum atomic E-state index is 12.9. The van der Waals surface area contributed by atoms with E-state index in [0.29, 0.717) is 12.2 Å². The Hall–Kier alpha value is -2.41. The zero-order chi connectivity index (χ0) is 12.8. The van der Waals surface area contributed by atoms with Gasteiger partial charge in [-0.25, -0.2) is 9.37 Å². The number of benzene rings is 1. The molecule has 90 valence electrons. The molecule has 0 amide bonds. The number of pyridine rings is 1. The Morgan fingerprint density at radius 2 is 2.17 bits per heavy atom. The molecule has 3 nitrogen and oxygen atoms in total. The van der Waals surface area contributed by atoms with E-state index in [1.165, 1.54) is 12.1 Å². The van der Waals surface area contributed by atoms with Gasteiger partial charge in [0.25, 0.3) is 0 Å². The van der Waals surface area contributed by atoms with Gasteiger partial charge in [-0.3, -0.25) is 0 Å². The van der Waals surface area contributed by atoms with Gasteiger partial charge in [0.1, 0.15) is 17.6 Å². The number of rotatable bonds is 4. The standard InChI is InChI=1S/C14H12FN3/c15-12-3-1-2-11(8-12)6-7-17-14-5-4-13(9-16)18-10-14/h1-5,8,10,17H,6-7H2. The molecule has 1 N–H and O–H groups in total. The fourth-order valence-electron chi connectivity index (χ4n) is 1.61. The van der Waals surface area contributed by atoms with Crippen LogP contribution in [0.2, 0.25) is 0 Å². The van der Waals surface area contributed by atoms with E-state index in [-0.39, 0.29) is 5.82 Å². The molecule has 0 unspecified atom stereocenters. The maximum absolute atomic E-state index is 12.9. The van der Waals surface area contributed by atoms with Crippen molar-refractivity contribution < 1.29 is 4.39 Å². The molecule has 1 heterocycles. The van der Waals surface area contributed by atoms with Gasteiger partial charge in [-0.2, -0.15) is 5.26 Å². The zero-order valence-corrected chi connectivity index (χ0v) is 9.73. The molecule has 1 aromatic carbocycles. The highest BCUT2D eigenvalue weighted by Crippen LogP contribution is 2.07. The lowest BCUT2D eigenvalue weighted by Gasteiger charge is -2.06. The summed E-state index contributed by atoms with van der Waals surface area (Å²) in [6.07, 6.45) is 2.35. The van der Waals surface area contributed by atoms with Crippen molar-refractivity contribution in [3.63, 3.8) is 0 Å². The molecule has 2 aromatic rings. The molecular formula is C14H12FN3. The molecule has 18 heavy (non-hydrogen) atoms. The second-order valence-electron chi connectivity index (χ2n) is 3.85. The predicted octanol–water partition coefficient (Wildman–Crippen LogP) is 2.75. The van der Waals surface area contributed by atoms with Crippen molar-refractivity contribution >= 4 is 5.69 Å². The first kappa shape index (κ1) is 12.1. The van der Waals surface area contributed by atoms with E-state index in [2.05, 4.69) is 10.3 Å². The van der Waals surface area contributed by atoms with Gasteiger partial charge in [0.2, 0.25) is 0 Å². The Bertz CT molecular complexity index is 558. The summed E-state index contributed by atoms with van der Waals surface area (Å²) in [5, 5.41) is 11.8. The Labute approximate surface area is 105 Å². The average molecular weight is 241 g/mol. The van der Waals surface area contributed by atoms with E-state index in [1.54, 1.807) is 24.4 Å². The van der Waals surface area contributed by atoms with Crippen LogP contribution in [0.1, 0.15) is 11.3 Å². The second kappa shape index (κ2) is 5.78. The van der Waals surface area contributed by atoms with Gasteiger partial charge in [0.05, 0.1) is 11.9 Å². The van der Waals surface area contributed by atoms with E-state index < -0.39 is 0 Å². The molecule has 0 saturated carbocycles. The molecular weight excluding hydrogens is 229 g/mol. The first-order chi connectivity index (χ1) is 8.78. The highest BCUT2D eigenvalue weighted by Gasteiger charge is 1.97. The summed E-state index contributed by atoms with van der Waals surface area (Å²) in [5.74, 6) is -0.215. The molecule has 0 fully saturated rings. The van der Waals surface area contributed by atoms with Crippen LogP contribution in [0.4, 0.5) is 10.1 Å². The number of nitriles is 1. The van der Waals surface area contributed by atoms with Crippen molar-refractivity contribution in [3.8, 4) is 6.07 Å².